The van der Waals surface area contributed by atoms with Gasteiger partial charge in [0.15, 0.2) is 6.10 Å². The Labute approximate surface area is 467 Å². The molecule has 440 valence electrons. The molecule has 0 amide bonds. The fourth-order valence-electron chi connectivity index (χ4n) is 10.1. The zero-order chi connectivity index (χ0) is 54.3. The Morgan fingerprint density at radius 1 is 0.267 bits per heavy atom. The van der Waals surface area contributed by atoms with Gasteiger partial charge in [0.05, 0.1) is 0 Å². The Morgan fingerprint density at radius 2 is 0.480 bits per heavy atom. The summed E-state index contributed by atoms with van der Waals surface area (Å²) in [5, 5.41) is 0. The monoisotopic (exact) mass is 1050 g/mol. The zero-order valence-electron chi connectivity index (χ0n) is 50.6. The minimum Gasteiger partial charge on any atom is -0.462 e. The van der Waals surface area contributed by atoms with Gasteiger partial charge in [0, 0.05) is 19.3 Å². The molecule has 1 unspecified atom stereocenters. The third-order valence-corrected chi connectivity index (χ3v) is 15.1. The number of esters is 3. The summed E-state index contributed by atoms with van der Waals surface area (Å²) in [4.78, 5) is 38.3. The second-order valence-electron chi connectivity index (χ2n) is 22.7. The molecule has 0 saturated carbocycles. The summed E-state index contributed by atoms with van der Waals surface area (Å²) in [5.74, 6) is -0.862. The molecule has 75 heavy (non-hydrogen) atoms. The highest BCUT2D eigenvalue weighted by molar-refractivity contribution is 5.71. The van der Waals surface area contributed by atoms with E-state index in [-0.39, 0.29) is 31.1 Å². The Balaban J connectivity index is 4.24. The maximum atomic E-state index is 12.9. The third-order valence-electron chi connectivity index (χ3n) is 15.1. The van der Waals surface area contributed by atoms with E-state index >= 15 is 0 Å². The maximum Gasteiger partial charge on any atom is 0.306 e. The highest BCUT2D eigenvalue weighted by Crippen LogP contribution is 2.18. The second kappa shape index (κ2) is 64.2. The van der Waals surface area contributed by atoms with Gasteiger partial charge in [-0.2, -0.15) is 0 Å². The lowest BCUT2D eigenvalue weighted by molar-refractivity contribution is -0.167. The molecule has 1 atom stereocenters. The molecule has 0 rings (SSSR count). The van der Waals surface area contributed by atoms with Gasteiger partial charge in [-0.1, -0.05) is 308 Å². The third kappa shape index (κ3) is 62.4. The molecule has 0 aromatic rings. The zero-order valence-corrected chi connectivity index (χ0v) is 50.6. The molecule has 0 N–H and O–H groups in total. The van der Waals surface area contributed by atoms with Crippen LogP contribution in [0.4, 0.5) is 0 Å². The van der Waals surface area contributed by atoms with E-state index in [4.69, 9.17) is 14.2 Å². The summed E-state index contributed by atoms with van der Waals surface area (Å²) in [6, 6.07) is 0. The normalized spacial score (nSPS) is 12.2. The standard InChI is InChI=1S/C69H128O6/c1-4-7-10-13-16-19-22-25-27-29-31-33-34-35-37-38-40-42-44-47-50-53-56-59-62-68(71)74-65-66(64-73-67(70)61-58-55-52-49-46-24-21-18-15-12-9-6-3)75-69(72)63-60-57-54-51-48-45-43-41-39-36-32-30-28-26-23-20-17-14-11-8-5-2/h18,21,23,26,30,32,66H,4-17,19-20,22,24-25,27-29,31,33-65H2,1-3H3/b21-18-,26-23-,32-30-. The molecule has 0 bridgehead atoms. The van der Waals surface area contributed by atoms with Crippen LogP contribution in [0.3, 0.4) is 0 Å². The summed E-state index contributed by atoms with van der Waals surface area (Å²) >= 11 is 0. The average molecular weight is 1050 g/mol. The first kappa shape index (κ1) is 72.6. The molecule has 0 aliphatic carbocycles. The van der Waals surface area contributed by atoms with Crippen LogP contribution in [0.5, 0.6) is 0 Å². The van der Waals surface area contributed by atoms with Crippen molar-refractivity contribution in [1.82, 2.24) is 0 Å². The van der Waals surface area contributed by atoms with E-state index < -0.39 is 6.10 Å². The van der Waals surface area contributed by atoms with Crippen molar-refractivity contribution in [2.75, 3.05) is 13.2 Å². The van der Waals surface area contributed by atoms with E-state index in [9.17, 15) is 14.4 Å². The summed E-state index contributed by atoms with van der Waals surface area (Å²) in [6.07, 6.45) is 78.8. The fraction of sp³-hybridized carbons (Fsp3) is 0.870. The molecular formula is C69H128O6. The van der Waals surface area contributed by atoms with Crippen LogP contribution in [0.2, 0.25) is 0 Å². The van der Waals surface area contributed by atoms with Crippen molar-refractivity contribution in [3.63, 3.8) is 0 Å². The second-order valence-corrected chi connectivity index (χ2v) is 22.7. The molecule has 6 heteroatoms. The highest BCUT2D eigenvalue weighted by atomic mass is 16.6. The van der Waals surface area contributed by atoms with Gasteiger partial charge in [-0.05, 0) is 77.0 Å². The van der Waals surface area contributed by atoms with Crippen LogP contribution in [-0.4, -0.2) is 37.2 Å². The average Bonchev–Trinajstić information content (AvgIpc) is 3.41. The van der Waals surface area contributed by atoms with E-state index in [2.05, 4.69) is 57.2 Å². The van der Waals surface area contributed by atoms with Crippen LogP contribution in [0.1, 0.15) is 367 Å². The molecule has 6 nitrogen and oxygen atoms in total. The lowest BCUT2D eigenvalue weighted by Crippen LogP contribution is -2.30. The first-order chi connectivity index (χ1) is 37.0. The van der Waals surface area contributed by atoms with Gasteiger partial charge >= 0.3 is 17.9 Å². The quantitative estimate of drug-likeness (QED) is 0.0261. The molecule has 0 aliphatic heterocycles. The minimum atomic E-state index is -0.776. The van der Waals surface area contributed by atoms with E-state index in [0.717, 1.165) is 70.6 Å². The van der Waals surface area contributed by atoms with Crippen LogP contribution in [0, 0.1) is 0 Å². The lowest BCUT2D eigenvalue weighted by Gasteiger charge is -2.18. The van der Waals surface area contributed by atoms with Crippen LogP contribution >= 0.6 is 0 Å². The molecule has 0 spiro atoms. The Bertz CT molecular complexity index is 1250. The highest BCUT2D eigenvalue weighted by Gasteiger charge is 2.19. The molecule has 0 aromatic carbocycles. The van der Waals surface area contributed by atoms with Crippen LogP contribution in [0.25, 0.3) is 0 Å². The lowest BCUT2D eigenvalue weighted by atomic mass is 10.0. The number of hydrogen-bond acceptors (Lipinski definition) is 6. The van der Waals surface area contributed by atoms with Gasteiger partial charge in [-0.15, -0.1) is 0 Å². The van der Waals surface area contributed by atoms with E-state index in [1.807, 2.05) is 0 Å². The van der Waals surface area contributed by atoms with Crippen LogP contribution < -0.4 is 0 Å². The largest absolute Gasteiger partial charge is 0.462 e. The van der Waals surface area contributed by atoms with Crippen molar-refractivity contribution >= 4 is 17.9 Å². The molecule has 0 saturated heterocycles. The van der Waals surface area contributed by atoms with Gasteiger partial charge in [0.2, 0.25) is 0 Å². The van der Waals surface area contributed by atoms with E-state index in [1.165, 1.54) is 257 Å². The van der Waals surface area contributed by atoms with Gasteiger partial charge < -0.3 is 14.2 Å². The predicted octanol–water partition coefficient (Wildman–Crippen LogP) is 22.8. The smallest absolute Gasteiger partial charge is 0.306 e. The summed E-state index contributed by atoms with van der Waals surface area (Å²) < 4.78 is 16.9. The number of carbonyl (C=O) groups is 3. The molecule has 0 fully saturated rings. The van der Waals surface area contributed by atoms with Crippen LogP contribution in [0.15, 0.2) is 36.5 Å². The summed E-state index contributed by atoms with van der Waals surface area (Å²) in [6.45, 7) is 6.66. The molecule has 0 aliphatic rings. The number of hydrogen-bond donors (Lipinski definition) is 0. The van der Waals surface area contributed by atoms with E-state index in [0.29, 0.717) is 19.3 Å². The first-order valence-electron chi connectivity index (χ1n) is 33.5. The van der Waals surface area contributed by atoms with Crippen molar-refractivity contribution in [1.29, 1.82) is 0 Å². The van der Waals surface area contributed by atoms with Crippen molar-refractivity contribution < 1.29 is 28.6 Å². The molecule has 0 aromatic heterocycles. The Morgan fingerprint density at radius 3 is 0.773 bits per heavy atom. The minimum absolute atomic E-state index is 0.0722. The first-order valence-corrected chi connectivity index (χ1v) is 33.5. The Hall–Kier alpha value is -2.37. The van der Waals surface area contributed by atoms with Gasteiger partial charge in [0.25, 0.3) is 0 Å². The van der Waals surface area contributed by atoms with Crippen LogP contribution in [-0.2, 0) is 28.6 Å². The van der Waals surface area contributed by atoms with Crippen molar-refractivity contribution in [2.45, 2.75) is 374 Å². The SMILES string of the molecule is CCCCC/C=C\CCCCCCCC(=O)OCC(COC(=O)CCCCCCCCCCCCCCCCCCCCCCCCCC)OC(=O)CCCCCCCCCCC/C=C\C/C=C\CCCCCCC. The Kier molecular flexibility index (Phi) is 62.1. The van der Waals surface area contributed by atoms with Crippen molar-refractivity contribution in [2.24, 2.45) is 0 Å². The number of carbonyl (C=O) groups excluding carboxylic acids is 3. The van der Waals surface area contributed by atoms with E-state index in [1.54, 1.807) is 0 Å². The topological polar surface area (TPSA) is 78.9 Å². The molecular weight excluding hydrogens is 925 g/mol. The summed E-state index contributed by atoms with van der Waals surface area (Å²) in [7, 11) is 0. The number of ether oxygens (including phenoxy) is 3. The maximum absolute atomic E-state index is 12.9. The molecule has 0 heterocycles. The summed E-state index contributed by atoms with van der Waals surface area (Å²) in [5.41, 5.74) is 0. The van der Waals surface area contributed by atoms with Gasteiger partial charge in [-0.25, -0.2) is 0 Å². The predicted molar refractivity (Wildman–Crippen MR) is 326 cm³/mol. The molecule has 0 radical (unpaired) electrons. The van der Waals surface area contributed by atoms with Gasteiger partial charge in [0.1, 0.15) is 13.2 Å². The van der Waals surface area contributed by atoms with Crippen molar-refractivity contribution in [3.05, 3.63) is 36.5 Å². The van der Waals surface area contributed by atoms with Gasteiger partial charge in [-0.3, -0.25) is 14.4 Å². The fourth-order valence-corrected chi connectivity index (χ4v) is 10.1. The number of rotatable bonds is 62. The van der Waals surface area contributed by atoms with Crippen molar-refractivity contribution in [3.8, 4) is 0 Å². The number of allylic oxidation sites excluding steroid dienone is 6. The number of unbranched alkanes of at least 4 members (excludes halogenated alkanes) is 45.